The number of nitrogens with two attached hydrogens (primary N) is 1. The normalized spacial score (nSPS) is 15.6. The molecule has 8 heteroatoms. The van der Waals surface area contributed by atoms with Crippen molar-refractivity contribution in [2.24, 2.45) is 16.8 Å². The van der Waals surface area contributed by atoms with E-state index in [2.05, 4.69) is 10.5 Å². The maximum Gasteiger partial charge on any atom is 0.400 e. The van der Waals surface area contributed by atoms with Gasteiger partial charge in [0.25, 0.3) is 0 Å². The number of hydrogen-bond donors (Lipinski definition) is 3. The Kier molecular flexibility index (Phi) is 5.83. The van der Waals surface area contributed by atoms with Crippen molar-refractivity contribution in [3.8, 4) is 5.75 Å². The highest BCUT2D eigenvalue weighted by Crippen LogP contribution is 2.27. The van der Waals surface area contributed by atoms with E-state index in [0.717, 1.165) is 5.56 Å². The van der Waals surface area contributed by atoms with Crippen molar-refractivity contribution in [2.75, 3.05) is 13.7 Å². The molecule has 1 aromatic carbocycles. The maximum atomic E-state index is 12.8. The number of methoxy groups -OCH3 is 1. The van der Waals surface area contributed by atoms with E-state index in [-0.39, 0.29) is 6.04 Å². The van der Waals surface area contributed by atoms with Crippen molar-refractivity contribution in [3.63, 3.8) is 0 Å². The van der Waals surface area contributed by atoms with Crippen molar-refractivity contribution in [2.45, 2.75) is 19.1 Å². The van der Waals surface area contributed by atoms with E-state index in [1.54, 1.807) is 31.2 Å². The van der Waals surface area contributed by atoms with Gasteiger partial charge in [0.1, 0.15) is 11.7 Å². The molecule has 1 unspecified atom stereocenters. The van der Waals surface area contributed by atoms with Crippen LogP contribution in [0, 0.1) is 5.92 Å². The molecule has 0 amide bonds. The molecule has 1 rings (SSSR count). The third-order valence-corrected chi connectivity index (χ3v) is 3.11. The van der Waals surface area contributed by atoms with E-state index in [1.807, 2.05) is 0 Å². The fraction of sp³-hybridized carbons (Fsp3) is 0.462. The van der Waals surface area contributed by atoms with Crippen LogP contribution in [0.25, 0.3) is 0 Å². The van der Waals surface area contributed by atoms with Crippen LogP contribution >= 0.6 is 0 Å². The topological polar surface area (TPSA) is 79.9 Å². The first kappa shape index (κ1) is 17.1. The molecule has 0 saturated carbocycles. The van der Waals surface area contributed by atoms with Crippen LogP contribution in [0.1, 0.15) is 18.5 Å². The van der Waals surface area contributed by atoms with E-state index in [0.29, 0.717) is 5.75 Å². The van der Waals surface area contributed by atoms with Crippen LogP contribution in [0.15, 0.2) is 29.4 Å². The Bertz CT molecular complexity index is 475. The first-order valence-electron chi connectivity index (χ1n) is 6.21. The monoisotopic (exact) mass is 305 g/mol. The largest absolute Gasteiger partial charge is 0.497 e. The van der Waals surface area contributed by atoms with E-state index < -0.39 is 24.5 Å². The summed E-state index contributed by atoms with van der Waals surface area (Å²) >= 11 is 0. The summed E-state index contributed by atoms with van der Waals surface area (Å²) < 4.78 is 43.4. The van der Waals surface area contributed by atoms with Gasteiger partial charge >= 0.3 is 6.18 Å². The minimum Gasteiger partial charge on any atom is -0.497 e. The molecule has 0 aliphatic rings. The highest BCUT2D eigenvalue weighted by Gasteiger charge is 2.42. The summed E-state index contributed by atoms with van der Waals surface area (Å²) in [6, 6.07) is 6.62. The third kappa shape index (κ3) is 4.82. The summed E-state index contributed by atoms with van der Waals surface area (Å²) in [4.78, 5) is 0. The molecule has 4 N–H and O–H groups in total. The summed E-state index contributed by atoms with van der Waals surface area (Å²) in [6.45, 7) is 1.24. The van der Waals surface area contributed by atoms with Crippen molar-refractivity contribution in [1.29, 1.82) is 0 Å². The number of nitrogens with one attached hydrogen (secondary N) is 1. The summed E-state index contributed by atoms with van der Waals surface area (Å²) in [5.41, 5.74) is 5.89. The highest BCUT2D eigenvalue weighted by atomic mass is 19.4. The molecule has 0 aromatic heterocycles. The predicted molar refractivity (Wildman–Crippen MR) is 72.4 cm³/mol. The number of amidine groups is 1. The van der Waals surface area contributed by atoms with E-state index in [9.17, 15) is 13.2 Å². The third-order valence-electron chi connectivity index (χ3n) is 3.11. The van der Waals surface area contributed by atoms with Gasteiger partial charge in [-0.15, -0.1) is 0 Å². The first-order valence-corrected chi connectivity index (χ1v) is 6.21. The summed E-state index contributed by atoms with van der Waals surface area (Å²) in [5.74, 6) is -2.24. The van der Waals surface area contributed by atoms with Crippen molar-refractivity contribution in [3.05, 3.63) is 29.8 Å². The number of halogens is 3. The van der Waals surface area contributed by atoms with Crippen LogP contribution in [-0.2, 0) is 0 Å². The van der Waals surface area contributed by atoms with Gasteiger partial charge in [0.15, 0.2) is 5.84 Å². The molecule has 0 aliphatic carbocycles. The van der Waals surface area contributed by atoms with Crippen LogP contribution in [0.3, 0.4) is 0 Å². The molecule has 2 atom stereocenters. The summed E-state index contributed by atoms with van der Waals surface area (Å²) in [5, 5.41) is 13.6. The molecule has 0 radical (unpaired) electrons. The standard InChI is InChI=1S/C13H18F3N3O2/c1-8(9-3-5-10(21-2)6-4-9)18-7-11(12(17)19-20)13(14,15)16/h3-6,8,11,18,20H,7H2,1-2H3,(H2,17,19)/t8-,11?/m0/s1. The molecular formula is C13H18F3N3O2. The molecule has 0 heterocycles. The quantitative estimate of drug-likeness (QED) is 0.326. The first-order chi connectivity index (χ1) is 9.79. The number of rotatable bonds is 6. The maximum absolute atomic E-state index is 12.8. The van der Waals surface area contributed by atoms with Crippen LogP contribution in [0.2, 0.25) is 0 Å². The summed E-state index contributed by atoms with van der Waals surface area (Å²) in [6.07, 6.45) is -4.58. The lowest BCUT2D eigenvalue weighted by atomic mass is 10.1. The average molecular weight is 305 g/mol. The Morgan fingerprint density at radius 3 is 2.38 bits per heavy atom. The Morgan fingerprint density at radius 1 is 1.38 bits per heavy atom. The number of benzene rings is 1. The molecule has 21 heavy (non-hydrogen) atoms. The SMILES string of the molecule is COc1ccc([C@H](C)NCC(/C(N)=N/O)C(F)(F)F)cc1. The second kappa shape index (κ2) is 7.16. The van der Waals surface area contributed by atoms with E-state index in [1.165, 1.54) is 7.11 Å². The van der Waals surface area contributed by atoms with Crippen molar-refractivity contribution in [1.82, 2.24) is 5.32 Å². The number of nitrogens with zero attached hydrogens (tertiary/aromatic N) is 1. The molecule has 5 nitrogen and oxygen atoms in total. The molecule has 1 aromatic rings. The minimum absolute atomic E-state index is 0.327. The van der Waals surface area contributed by atoms with Gasteiger partial charge < -0.3 is 21.0 Å². The second-order valence-corrected chi connectivity index (χ2v) is 4.52. The lowest BCUT2D eigenvalue weighted by molar-refractivity contribution is -0.155. The van der Waals surface area contributed by atoms with Crippen molar-refractivity contribution < 1.29 is 23.1 Å². The Labute approximate surface area is 120 Å². The summed E-state index contributed by atoms with van der Waals surface area (Å²) in [7, 11) is 1.53. The highest BCUT2D eigenvalue weighted by molar-refractivity contribution is 5.83. The van der Waals surface area contributed by atoms with Gasteiger partial charge in [0, 0.05) is 12.6 Å². The van der Waals surface area contributed by atoms with Gasteiger partial charge in [-0.25, -0.2) is 0 Å². The van der Waals surface area contributed by atoms with Crippen molar-refractivity contribution >= 4 is 5.84 Å². The Balaban J connectivity index is 2.70. The molecule has 0 fully saturated rings. The van der Waals surface area contributed by atoms with Crippen LogP contribution < -0.4 is 15.8 Å². The average Bonchev–Trinajstić information content (AvgIpc) is 2.45. The predicted octanol–water partition coefficient (Wildman–Crippen LogP) is 2.27. The smallest absolute Gasteiger partial charge is 0.400 e. The number of hydrogen-bond acceptors (Lipinski definition) is 4. The zero-order valence-electron chi connectivity index (χ0n) is 11.7. The Morgan fingerprint density at radius 2 is 1.95 bits per heavy atom. The molecule has 0 bridgehead atoms. The zero-order chi connectivity index (χ0) is 16.0. The lowest BCUT2D eigenvalue weighted by Crippen LogP contribution is -2.43. The van der Waals surface area contributed by atoms with Gasteiger partial charge in [-0.3, -0.25) is 0 Å². The van der Waals surface area contributed by atoms with Gasteiger partial charge in [-0.2, -0.15) is 13.2 Å². The van der Waals surface area contributed by atoms with Gasteiger partial charge in [-0.05, 0) is 24.6 Å². The van der Waals surface area contributed by atoms with Crippen LogP contribution in [0.5, 0.6) is 5.75 Å². The second-order valence-electron chi connectivity index (χ2n) is 4.52. The Hall–Kier alpha value is -1.96. The lowest BCUT2D eigenvalue weighted by Gasteiger charge is -2.22. The van der Waals surface area contributed by atoms with Crippen LogP contribution in [0.4, 0.5) is 13.2 Å². The van der Waals surface area contributed by atoms with Crippen LogP contribution in [-0.4, -0.2) is 30.9 Å². The van der Waals surface area contributed by atoms with E-state index in [4.69, 9.17) is 15.7 Å². The molecular weight excluding hydrogens is 287 g/mol. The molecule has 118 valence electrons. The van der Waals surface area contributed by atoms with E-state index >= 15 is 0 Å². The number of ether oxygens (including phenoxy) is 1. The molecule has 0 spiro atoms. The fourth-order valence-corrected chi connectivity index (χ4v) is 1.76. The number of alkyl halides is 3. The van der Waals surface area contributed by atoms with Gasteiger partial charge in [0.05, 0.1) is 7.11 Å². The molecule has 0 saturated heterocycles. The fourth-order valence-electron chi connectivity index (χ4n) is 1.76. The van der Waals surface area contributed by atoms with Gasteiger partial charge in [0.2, 0.25) is 0 Å². The minimum atomic E-state index is -4.58. The zero-order valence-corrected chi connectivity index (χ0v) is 11.7. The number of oxime groups is 1. The van der Waals surface area contributed by atoms with Gasteiger partial charge in [-0.1, -0.05) is 17.3 Å². The molecule has 0 aliphatic heterocycles.